The molecule has 4 nitrogen and oxygen atoms in total. The Morgan fingerprint density at radius 2 is 2.05 bits per heavy atom. The second-order valence-electron chi connectivity index (χ2n) is 4.42. The van der Waals surface area contributed by atoms with E-state index in [0.29, 0.717) is 11.3 Å². The fourth-order valence-electron chi connectivity index (χ4n) is 1.73. The first-order chi connectivity index (χ1) is 9.60. The highest BCUT2D eigenvalue weighted by Crippen LogP contribution is 2.09. The van der Waals surface area contributed by atoms with Crippen molar-refractivity contribution < 1.29 is 8.78 Å². The van der Waals surface area contributed by atoms with Crippen molar-refractivity contribution in [3.05, 3.63) is 58.0 Å². The number of hydrogen-bond donors (Lipinski definition) is 1. The lowest BCUT2D eigenvalue weighted by Crippen LogP contribution is -2.23. The van der Waals surface area contributed by atoms with E-state index in [9.17, 15) is 13.6 Å². The first-order valence-corrected chi connectivity index (χ1v) is 6.35. The van der Waals surface area contributed by atoms with Crippen molar-refractivity contribution in [1.82, 2.24) is 9.78 Å². The van der Waals surface area contributed by atoms with Crippen molar-refractivity contribution >= 4 is 5.69 Å². The Morgan fingerprint density at radius 3 is 2.70 bits per heavy atom. The van der Waals surface area contributed by atoms with Gasteiger partial charge in [-0.1, -0.05) is 13.0 Å². The van der Waals surface area contributed by atoms with Gasteiger partial charge in [-0.25, -0.2) is 13.5 Å². The van der Waals surface area contributed by atoms with Gasteiger partial charge in [0.25, 0.3) is 5.56 Å². The Bertz CT molecular complexity index is 655. The monoisotopic (exact) mass is 279 g/mol. The molecule has 0 fully saturated rings. The van der Waals surface area contributed by atoms with Crippen LogP contribution in [-0.2, 0) is 6.54 Å². The summed E-state index contributed by atoms with van der Waals surface area (Å²) >= 11 is 0. The second kappa shape index (κ2) is 6.27. The lowest BCUT2D eigenvalue weighted by atomic mass is 10.2. The van der Waals surface area contributed by atoms with E-state index in [2.05, 4.69) is 10.4 Å². The summed E-state index contributed by atoms with van der Waals surface area (Å²) in [6.07, 6.45) is 2.48. The van der Waals surface area contributed by atoms with E-state index < -0.39 is 11.6 Å². The van der Waals surface area contributed by atoms with Crippen molar-refractivity contribution in [2.45, 2.75) is 19.9 Å². The lowest BCUT2D eigenvalue weighted by Gasteiger charge is -2.07. The van der Waals surface area contributed by atoms with Gasteiger partial charge in [-0.05, 0) is 24.1 Å². The van der Waals surface area contributed by atoms with E-state index in [-0.39, 0.29) is 12.1 Å². The Balaban J connectivity index is 2.17. The molecule has 0 spiro atoms. The van der Waals surface area contributed by atoms with Crippen LogP contribution in [-0.4, -0.2) is 16.3 Å². The Kier molecular flexibility index (Phi) is 4.45. The molecule has 0 atom stereocenters. The number of nitrogens with one attached hydrogen (secondary N) is 1. The predicted molar refractivity (Wildman–Crippen MR) is 72.7 cm³/mol. The zero-order chi connectivity index (χ0) is 14.5. The highest BCUT2D eigenvalue weighted by molar-refractivity contribution is 5.38. The van der Waals surface area contributed by atoms with E-state index >= 15 is 0 Å². The van der Waals surface area contributed by atoms with Crippen LogP contribution in [0, 0.1) is 11.6 Å². The quantitative estimate of drug-likeness (QED) is 0.914. The smallest absolute Gasteiger partial charge is 0.269 e. The van der Waals surface area contributed by atoms with E-state index in [4.69, 9.17) is 0 Å². The molecule has 1 aromatic heterocycles. The predicted octanol–water partition coefficient (Wildman–Crippen LogP) is 2.39. The highest BCUT2D eigenvalue weighted by atomic mass is 19.2. The third kappa shape index (κ3) is 3.40. The Labute approximate surface area is 115 Å². The Morgan fingerprint density at radius 1 is 1.25 bits per heavy atom. The third-order valence-electron chi connectivity index (χ3n) is 2.77. The molecule has 0 bridgehead atoms. The summed E-state index contributed by atoms with van der Waals surface area (Å²) < 4.78 is 27.1. The van der Waals surface area contributed by atoms with Crippen LogP contribution in [0.2, 0.25) is 0 Å². The van der Waals surface area contributed by atoms with Crippen LogP contribution < -0.4 is 10.9 Å². The van der Waals surface area contributed by atoms with Gasteiger partial charge in [-0.15, -0.1) is 0 Å². The van der Waals surface area contributed by atoms with E-state index in [1.165, 1.54) is 23.0 Å². The van der Waals surface area contributed by atoms with Crippen LogP contribution in [0.3, 0.4) is 0 Å². The molecule has 0 saturated heterocycles. The molecule has 0 saturated carbocycles. The van der Waals surface area contributed by atoms with Gasteiger partial charge in [-0.2, -0.15) is 5.10 Å². The molecule has 6 heteroatoms. The summed E-state index contributed by atoms with van der Waals surface area (Å²) in [5.74, 6) is -1.84. The molecule has 0 unspecified atom stereocenters. The minimum atomic E-state index is -0.934. The number of anilines is 1. The number of benzene rings is 1. The summed E-state index contributed by atoms with van der Waals surface area (Å²) in [4.78, 5) is 11.9. The van der Waals surface area contributed by atoms with Crippen molar-refractivity contribution in [2.75, 3.05) is 11.9 Å². The summed E-state index contributed by atoms with van der Waals surface area (Å²) in [5.41, 5.74) is 0.835. The van der Waals surface area contributed by atoms with Crippen LogP contribution in [0.15, 0.2) is 35.3 Å². The third-order valence-corrected chi connectivity index (χ3v) is 2.77. The van der Waals surface area contributed by atoms with Gasteiger partial charge in [-0.3, -0.25) is 4.79 Å². The van der Waals surface area contributed by atoms with Gasteiger partial charge in [0.2, 0.25) is 0 Å². The van der Waals surface area contributed by atoms with E-state index in [1.54, 1.807) is 0 Å². The number of halogens is 2. The molecule has 1 heterocycles. The van der Waals surface area contributed by atoms with Crippen LogP contribution in [0.1, 0.15) is 18.9 Å². The van der Waals surface area contributed by atoms with Crippen molar-refractivity contribution in [1.29, 1.82) is 0 Å². The van der Waals surface area contributed by atoms with Crippen LogP contribution in [0.4, 0.5) is 14.5 Å². The fourth-order valence-corrected chi connectivity index (χ4v) is 1.73. The fraction of sp³-hybridized carbons (Fsp3) is 0.286. The van der Waals surface area contributed by atoms with Crippen molar-refractivity contribution in [2.24, 2.45) is 0 Å². The minimum Gasteiger partial charge on any atom is -0.384 e. The number of nitrogens with zero attached hydrogens (tertiary/aromatic N) is 2. The average Bonchev–Trinajstić information content (AvgIpc) is 2.43. The maximum atomic E-state index is 13.1. The van der Waals surface area contributed by atoms with Gasteiger partial charge < -0.3 is 5.32 Å². The van der Waals surface area contributed by atoms with E-state index in [0.717, 1.165) is 25.1 Å². The summed E-state index contributed by atoms with van der Waals surface area (Å²) in [7, 11) is 0. The van der Waals surface area contributed by atoms with Gasteiger partial charge >= 0.3 is 0 Å². The summed E-state index contributed by atoms with van der Waals surface area (Å²) in [6, 6.07) is 4.96. The Hall–Kier alpha value is -2.24. The molecule has 1 N–H and O–H groups in total. The number of hydrogen-bond acceptors (Lipinski definition) is 3. The first kappa shape index (κ1) is 14.2. The lowest BCUT2D eigenvalue weighted by molar-refractivity contribution is 0.505. The average molecular weight is 279 g/mol. The molecule has 106 valence electrons. The molecule has 20 heavy (non-hydrogen) atoms. The molecule has 1 aromatic carbocycles. The zero-order valence-corrected chi connectivity index (χ0v) is 11.1. The molecule has 2 aromatic rings. The van der Waals surface area contributed by atoms with Crippen molar-refractivity contribution in [3.63, 3.8) is 0 Å². The maximum Gasteiger partial charge on any atom is 0.269 e. The van der Waals surface area contributed by atoms with Crippen LogP contribution in [0.5, 0.6) is 0 Å². The van der Waals surface area contributed by atoms with E-state index in [1.807, 2.05) is 6.92 Å². The standard InChI is InChI=1S/C14H15F2N3O/c1-2-5-17-11-7-14(20)19(18-8-11)9-10-3-4-12(15)13(16)6-10/h3-4,6-8,17H,2,5,9H2,1H3. The molecule has 0 aliphatic heterocycles. The normalized spacial score (nSPS) is 10.6. The van der Waals surface area contributed by atoms with Crippen LogP contribution >= 0.6 is 0 Å². The molecule has 0 aliphatic rings. The van der Waals surface area contributed by atoms with Crippen LogP contribution in [0.25, 0.3) is 0 Å². The molecule has 0 amide bonds. The maximum absolute atomic E-state index is 13.1. The molecule has 0 aliphatic carbocycles. The molecule has 2 rings (SSSR count). The van der Waals surface area contributed by atoms with Gasteiger partial charge in [0.1, 0.15) is 0 Å². The van der Waals surface area contributed by atoms with Gasteiger partial charge in [0.05, 0.1) is 18.4 Å². The van der Waals surface area contributed by atoms with Crippen molar-refractivity contribution in [3.8, 4) is 0 Å². The molecule has 0 radical (unpaired) electrons. The minimum absolute atomic E-state index is 0.101. The number of rotatable bonds is 5. The summed E-state index contributed by atoms with van der Waals surface area (Å²) in [6.45, 7) is 2.88. The topological polar surface area (TPSA) is 46.9 Å². The first-order valence-electron chi connectivity index (χ1n) is 6.35. The second-order valence-corrected chi connectivity index (χ2v) is 4.42. The van der Waals surface area contributed by atoms with Gasteiger partial charge in [0, 0.05) is 12.6 Å². The highest BCUT2D eigenvalue weighted by Gasteiger charge is 2.05. The largest absolute Gasteiger partial charge is 0.384 e. The summed E-state index contributed by atoms with van der Waals surface area (Å²) in [5, 5.41) is 7.06. The molecular weight excluding hydrogens is 264 g/mol. The number of aromatic nitrogens is 2. The van der Waals surface area contributed by atoms with Gasteiger partial charge in [0.15, 0.2) is 11.6 Å². The zero-order valence-electron chi connectivity index (χ0n) is 11.1. The SMILES string of the molecule is CCCNc1cnn(Cc2ccc(F)c(F)c2)c(=O)c1. The molecular formula is C14H15F2N3O.